The second-order valence-corrected chi connectivity index (χ2v) is 6.47. The van der Waals surface area contributed by atoms with Gasteiger partial charge in [0.05, 0.1) is 0 Å². The first-order valence-corrected chi connectivity index (χ1v) is 7.96. The van der Waals surface area contributed by atoms with Crippen LogP contribution in [0.1, 0.15) is 29.0 Å². The number of aryl methyl sites for hydroxylation is 1. The highest BCUT2D eigenvalue weighted by atomic mass is 79.9. The summed E-state index contributed by atoms with van der Waals surface area (Å²) in [5, 5.41) is 0. The van der Waals surface area contributed by atoms with Crippen LogP contribution in [-0.4, -0.2) is 6.04 Å². The number of fused-ring (bicyclic) bond motifs is 1. The highest BCUT2D eigenvalue weighted by Crippen LogP contribution is 2.36. The number of hydrazine groups is 1. The van der Waals surface area contributed by atoms with Gasteiger partial charge in [-0.25, -0.2) is 4.39 Å². The van der Waals surface area contributed by atoms with E-state index in [1.807, 2.05) is 6.07 Å². The molecule has 0 bridgehead atoms. The summed E-state index contributed by atoms with van der Waals surface area (Å²) in [6, 6.07) is 13.5. The molecule has 0 aromatic heterocycles. The van der Waals surface area contributed by atoms with Crippen molar-refractivity contribution in [1.82, 2.24) is 5.43 Å². The largest absolute Gasteiger partial charge is 0.271 e. The number of nitrogens with two attached hydrogens (primary N) is 1. The number of hydrogen-bond donors (Lipinski definition) is 2. The molecule has 0 spiro atoms. The van der Waals surface area contributed by atoms with Crippen molar-refractivity contribution in [3.8, 4) is 0 Å². The van der Waals surface area contributed by atoms with Gasteiger partial charge in [-0.3, -0.25) is 11.3 Å². The van der Waals surface area contributed by atoms with Crippen molar-refractivity contribution in [3.05, 3.63) is 69.4 Å². The molecule has 0 saturated heterocycles. The zero-order chi connectivity index (χ0) is 14.8. The fourth-order valence-corrected chi connectivity index (χ4v) is 3.67. The van der Waals surface area contributed by atoms with Crippen molar-refractivity contribution in [2.75, 3.05) is 0 Å². The summed E-state index contributed by atoms with van der Waals surface area (Å²) in [6.45, 7) is 0. The molecule has 0 amide bonds. The molecule has 2 atom stereocenters. The van der Waals surface area contributed by atoms with Crippen LogP contribution in [0.3, 0.4) is 0 Å². The monoisotopic (exact) mass is 348 g/mol. The van der Waals surface area contributed by atoms with Crippen molar-refractivity contribution in [3.63, 3.8) is 0 Å². The molecule has 0 saturated carbocycles. The summed E-state index contributed by atoms with van der Waals surface area (Å²) in [7, 11) is 0. The maximum absolute atomic E-state index is 14.0. The van der Waals surface area contributed by atoms with E-state index in [1.54, 1.807) is 6.07 Å². The van der Waals surface area contributed by atoms with Crippen LogP contribution >= 0.6 is 15.9 Å². The SMILES string of the molecule is NNC(Cc1cc(Br)ccc1F)C1CCc2ccccc21. The molecule has 21 heavy (non-hydrogen) atoms. The van der Waals surface area contributed by atoms with Gasteiger partial charge in [-0.2, -0.15) is 0 Å². The number of nitrogens with one attached hydrogen (secondary N) is 1. The first kappa shape index (κ1) is 14.7. The standard InChI is InChI=1S/C17H18BrFN2/c18-13-6-8-16(19)12(9-13)10-17(21-20)15-7-5-11-3-1-2-4-14(11)15/h1-4,6,8-9,15,17,21H,5,7,10,20H2. The molecule has 0 fully saturated rings. The lowest BCUT2D eigenvalue weighted by atomic mass is 9.89. The van der Waals surface area contributed by atoms with Gasteiger partial charge in [0, 0.05) is 16.4 Å². The molecule has 1 aliphatic rings. The quantitative estimate of drug-likeness (QED) is 0.653. The number of rotatable bonds is 4. The van der Waals surface area contributed by atoms with Crippen LogP contribution in [0.2, 0.25) is 0 Å². The van der Waals surface area contributed by atoms with E-state index in [4.69, 9.17) is 5.84 Å². The predicted molar refractivity (Wildman–Crippen MR) is 86.4 cm³/mol. The van der Waals surface area contributed by atoms with E-state index in [2.05, 4.69) is 45.6 Å². The minimum atomic E-state index is -0.176. The molecule has 3 rings (SSSR count). The van der Waals surface area contributed by atoms with E-state index in [0.717, 1.165) is 17.3 Å². The van der Waals surface area contributed by atoms with E-state index in [9.17, 15) is 4.39 Å². The molecule has 2 aromatic carbocycles. The number of hydrogen-bond acceptors (Lipinski definition) is 2. The van der Waals surface area contributed by atoms with Gasteiger partial charge in [0.15, 0.2) is 0 Å². The van der Waals surface area contributed by atoms with Gasteiger partial charge in [0.1, 0.15) is 5.82 Å². The fourth-order valence-electron chi connectivity index (χ4n) is 3.26. The van der Waals surface area contributed by atoms with Crippen LogP contribution in [-0.2, 0) is 12.8 Å². The predicted octanol–water partition coefficient (Wildman–Crippen LogP) is 3.69. The molecule has 2 aromatic rings. The van der Waals surface area contributed by atoms with Crippen LogP contribution in [0, 0.1) is 5.82 Å². The van der Waals surface area contributed by atoms with Crippen LogP contribution in [0.25, 0.3) is 0 Å². The zero-order valence-corrected chi connectivity index (χ0v) is 13.2. The Bertz CT molecular complexity index is 644. The summed E-state index contributed by atoms with van der Waals surface area (Å²) in [6.07, 6.45) is 2.71. The molecule has 0 radical (unpaired) electrons. The molecule has 110 valence electrons. The van der Waals surface area contributed by atoms with E-state index in [0.29, 0.717) is 17.9 Å². The Morgan fingerprint density at radius 3 is 2.90 bits per heavy atom. The lowest BCUT2D eigenvalue weighted by Crippen LogP contribution is -2.41. The summed E-state index contributed by atoms with van der Waals surface area (Å²) < 4.78 is 14.8. The number of halogens is 2. The van der Waals surface area contributed by atoms with Gasteiger partial charge < -0.3 is 0 Å². The highest BCUT2D eigenvalue weighted by Gasteiger charge is 2.29. The third-order valence-electron chi connectivity index (χ3n) is 4.33. The molecule has 3 N–H and O–H groups in total. The Morgan fingerprint density at radius 2 is 2.10 bits per heavy atom. The second-order valence-electron chi connectivity index (χ2n) is 5.56. The maximum atomic E-state index is 14.0. The average molecular weight is 349 g/mol. The molecule has 0 heterocycles. The Balaban J connectivity index is 1.85. The van der Waals surface area contributed by atoms with Crippen molar-refractivity contribution < 1.29 is 4.39 Å². The zero-order valence-electron chi connectivity index (χ0n) is 11.7. The molecular formula is C17H18BrFN2. The van der Waals surface area contributed by atoms with Crippen LogP contribution in [0.15, 0.2) is 46.9 Å². The van der Waals surface area contributed by atoms with Crippen molar-refractivity contribution in [1.29, 1.82) is 0 Å². The molecule has 0 aliphatic heterocycles. The minimum Gasteiger partial charge on any atom is -0.271 e. The molecular weight excluding hydrogens is 331 g/mol. The first-order valence-electron chi connectivity index (χ1n) is 7.17. The van der Waals surface area contributed by atoms with Crippen molar-refractivity contribution in [2.24, 2.45) is 5.84 Å². The van der Waals surface area contributed by atoms with Crippen LogP contribution in [0.4, 0.5) is 4.39 Å². The van der Waals surface area contributed by atoms with Gasteiger partial charge in [-0.15, -0.1) is 0 Å². The maximum Gasteiger partial charge on any atom is 0.126 e. The Morgan fingerprint density at radius 1 is 1.29 bits per heavy atom. The second kappa shape index (κ2) is 6.26. The van der Waals surface area contributed by atoms with Gasteiger partial charge >= 0.3 is 0 Å². The summed E-state index contributed by atoms with van der Waals surface area (Å²) in [5.41, 5.74) is 6.32. The van der Waals surface area contributed by atoms with Crippen molar-refractivity contribution >= 4 is 15.9 Å². The van der Waals surface area contributed by atoms with Crippen LogP contribution < -0.4 is 11.3 Å². The van der Waals surface area contributed by atoms with Gasteiger partial charge in [-0.05, 0) is 54.2 Å². The van der Waals surface area contributed by atoms with Crippen molar-refractivity contribution in [2.45, 2.75) is 31.2 Å². The third-order valence-corrected chi connectivity index (χ3v) is 4.82. The number of benzene rings is 2. The normalized spacial score (nSPS) is 18.5. The summed E-state index contributed by atoms with van der Waals surface area (Å²) >= 11 is 3.40. The van der Waals surface area contributed by atoms with E-state index in [-0.39, 0.29) is 11.9 Å². The topological polar surface area (TPSA) is 38.0 Å². The van der Waals surface area contributed by atoms with E-state index in [1.165, 1.54) is 17.2 Å². The van der Waals surface area contributed by atoms with Crippen LogP contribution in [0.5, 0.6) is 0 Å². The fraction of sp³-hybridized carbons (Fsp3) is 0.294. The smallest absolute Gasteiger partial charge is 0.126 e. The van der Waals surface area contributed by atoms with Gasteiger partial charge in [0.2, 0.25) is 0 Å². The Labute approximate surface area is 132 Å². The lowest BCUT2D eigenvalue weighted by molar-refractivity contribution is 0.428. The highest BCUT2D eigenvalue weighted by molar-refractivity contribution is 9.10. The molecule has 2 nitrogen and oxygen atoms in total. The van der Waals surface area contributed by atoms with E-state index >= 15 is 0 Å². The van der Waals surface area contributed by atoms with Gasteiger partial charge in [-0.1, -0.05) is 40.2 Å². The summed E-state index contributed by atoms with van der Waals surface area (Å²) in [4.78, 5) is 0. The van der Waals surface area contributed by atoms with Gasteiger partial charge in [0.25, 0.3) is 0 Å². The Kier molecular flexibility index (Phi) is 4.38. The minimum absolute atomic E-state index is 0.0393. The third kappa shape index (κ3) is 3.03. The lowest BCUT2D eigenvalue weighted by Gasteiger charge is -2.24. The average Bonchev–Trinajstić information content (AvgIpc) is 2.92. The Hall–Kier alpha value is -1.23. The summed E-state index contributed by atoms with van der Waals surface area (Å²) in [5.74, 6) is 5.92. The first-order chi connectivity index (χ1) is 10.2. The van der Waals surface area contributed by atoms with E-state index < -0.39 is 0 Å². The molecule has 1 aliphatic carbocycles. The molecule has 4 heteroatoms. The molecule has 2 unspecified atom stereocenters.